The molecule has 22 heavy (non-hydrogen) atoms. The quantitative estimate of drug-likeness (QED) is 0.889. The van der Waals surface area contributed by atoms with Crippen LogP contribution in [-0.2, 0) is 13.1 Å². The molecule has 1 aromatic carbocycles. The number of nitrogens with one attached hydrogen (secondary N) is 2. The monoisotopic (exact) mass is 322 g/mol. The van der Waals surface area contributed by atoms with Gasteiger partial charge in [0.1, 0.15) is 11.6 Å². The minimum absolute atomic E-state index is 0.287. The van der Waals surface area contributed by atoms with Crippen molar-refractivity contribution in [3.05, 3.63) is 52.8 Å². The molecule has 1 fully saturated rings. The first-order chi connectivity index (χ1) is 10.7. The predicted octanol–water partition coefficient (Wildman–Crippen LogP) is 2.96. The van der Waals surface area contributed by atoms with Crippen molar-refractivity contribution in [1.82, 2.24) is 20.2 Å². The highest BCUT2D eigenvalue weighted by atomic mass is 35.5. The number of rotatable bonds is 5. The molecule has 1 aliphatic rings. The molecule has 1 aromatic heterocycles. The highest BCUT2D eigenvalue weighted by Crippen LogP contribution is 2.21. The van der Waals surface area contributed by atoms with Crippen LogP contribution in [0.4, 0.5) is 4.39 Å². The molecule has 0 saturated carbocycles. The normalized spacial score (nSPS) is 19.5. The smallest absolute Gasteiger partial charge is 0.124 e. The van der Waals surface area contributed by atoms with Gasteiger partial charge in [-0.1, -0.05) is 17.7 Å². The van der Waals surface area contributed by atoms with Gasteiger partial charge in [0.2, 0.25) is 0 Å². The van der Waals surface area contributed by atoms with Crippen LogP contribution >= 0.6 is 11.6 Å². The summed E-state index contributed by atoms with van der Waals surface area (Å²) >= 11 is 6.12. The van der Waals surface area contributed by atoms with Gasteiger partial charge < -0.3 is 10.3 Å². The summed E-state index contributed by atoms with van der Waals surface area (Å²) in [6, 6.07) is 5.07. The van der Waals surface area contributed by atoms with Crippen LogP contribution in [0.3, 0.4) is 0 Å². The van der Waals surface area contributed by atoms with E-state index in [2.05, 4.69) is 20.2 Å². The Bertz CT molecular complexity index is 602. The summed E-state index contributed by atoms with van der Waals surface area (Å²) in [6.45, 7) is 3.53. The lowest BCUT2D eigenvalue weighted by molar-refractivity contribution is 0.182. The van der Waals surface area contributed by atoms with Crippen LogP contribution in [-0.4, -0.2) is 34.0 Å². The van der Waals surface area contributed by atoms with Crippen LogP contribution in [0.5, 0.6) is 0 Å². The van der Waals surface area contributed by atoms with Crippen LogP contribution in [0.1, 0.15) is 24.2 Å². The Morgan fingerprint density at radius 2 is 2.36 bits per heavy atom. The lowest BCUT2D eigenvalue weighted by Crippen LogP contribution is -2.45. The van der Waals surface area contributed by atoms with Gasteiger partial charge in [0, 0.05) is 36.5 Å². The summed E-state index contributed by atoms with van der Waals surface area (Å²) in [5.74, 6) is 0.670. The molecule has 0 aliphatic carbocycles. The number of imidazole rings is 1. The molecule has 1 unspecified atom stereocenters. The summed E-state index contributed by atoms with van der Waals surface area (Å²) in [6.07, 6.45) is 5.91. The first-order valence-electron chi connectivity index (χ1n) is 7.58. The highest BCUT2D eigenvalue weighted by Gasteiger charge is 2.20. The Morgan fingerprint density at radius 1 is 1.45 bits per heavy atom. The van der Waals surface area contributed by atoms with Crippen molar-refractivity contribution in [2.45, 2.75) is 32.0 Å². The van der Waals surface area contributed by atoms with E-state index in [0.29, 0.717) is 11.1 Å². The molecule has 1 aliphatic heterocycles. The van der Waals surface area contributed by atoms with E-state index in [1.165, 1.54) is 12.1 Å². The van der Waals surface area contributed by atoms with Crippen molar-refractivity contribution in [3.63, 3.8) is 0 Å². The standard InChI is InChI=1S/C16H20ClFN4/c17-15-8-13(18)4-3-12(15)10-22-7-1-2-14(11-22)21-9-16-19-5-6-20-16/h3-6,8,14,21H,1-2,7,9-11H2,(H,19,20). The van der Waals surface area contributed by atoms with E-state index >= 15 is 0 Å². The summed E-state index contributed by atoms with van der Waals surface area (Å²) in [4.78, 5) is 9.69. The van der Waals surface area contributed by atoms with E-state index in [0.717, 1.165) is 50.4 Å². The number of hydrogen-bond acceptors (Lipinski definition) is 3. The number of hydrogen-bond donors (Lipinski definition) is 2. The topological polar surface area (TPSA) is 44.0 Å². The Morgan fingerprint density at radius 3 is 3.14 bits per heavy atom. The number of nitrogens with zero attached hydrogens (tertiary/aromatic N) is 2. The third-order valence-corrected chi connectivity index (χ3v) is 4.38. The molecule has 2 heterocycles. The van der Waals surface area contributed by atoms with Crippen LogP contribution in [0.25, 0.3) is 0 Å². The van der Waals surface area contributed by atoms with Crippen molar-refractivity contribution in [3.8, 4) is 0 Å². The van der Waals surface area contributed by atoms with Gasteiger partial charge in [-0.2, -0.15) is 0 Å². The van der Waals surface area contributed by atoms with Gasteiger partial charge in [-0.05, 0) is 37.1 Å². The second-order valence-corrected chi connectivity index (χ2v) is 6.13. The Kier molecular flexibility index (Phi) is 5.08. The minimum atomic E-state index is -0.287. The first-order valence-corrected chi connectivity index (χ1v) is 7.96. The molecular weight excluding hydrogens is 303 g/mol. The zero-order valence-corrected chi connectivity index (χ0v) is 13.1. The van der Waals surface area contributed by atoms with E-state index in [9.17, 15) is 4.39 Å². The molecule has 2 aromatic rings. The number of likely N-dealkylation sites (tertiary alicyclic amines) is 1. The van der Waals surface area contributed by atoms with Gasteiger partial charge in [0.05, 0.1) is 6.54 Å². The molecule has 4 nitrogen and oxygen atoms in total. The number of halogens is 2. The summed E-state index contributed by atoms with van der Waals surface area (Å²) in [5, 5.41) is 4.04. The Labute approximate surface area is 134 Å². The second-order valence-electron chi connectivity index (χ2n) is 5.73. The fraction of sp³-hybridized carbons (Fsp3) is 0.438. The molecule has 6 heteroatoms. The highest BCUT2D eigenvalue weighted by molar-refractivity contribution is 6.31. The van der Waals surface area contributed by atoms with Crippen molar-refractivity contribution in [2.24, 2.45) is 0 Å². The largest absolute Gasteiger partial charge is 0.348 e. The average molecular weight is 323 g/mol. The van der Waals surface area contributed by atoms with Crippen molar-refractivity contribution in [2.75, 3.05) is 13.1 Å². The number of H-pyrrole nitrogens is 1. The Hall–Kier alpha value is -1.43. The van der Waals surface area contributed by atoms with Gasteiger partial charge in [-0.3, -0.25) is 4.90 Å². The van der Waals surface area contributed by atoms with E-state index in [1.807, 2.05) is 6.20 Å². The number of piperidine rings is 1. The summed E-state index contributed by atoms with van der Waals surface area (Å²) < 4.78 is 13.1. The third-order valence-electron chi connectivity index (χ3n) is 4.03. The molecule has 1 atom stereocenters. The van der Waals surface area contributed by atoms with E-state index in [4.69, 9.17) is 11.6 Å². The Balaban J connectivity index is 1.53. The molecule has 0 bridgehead atoms. The number of aromatic amines is 1. The maximum absolute atomic E-state index is 13.1. The van der Waals surface area contributed by atoms with Gasteiger partial charge in [-0.15, -0.1) is 0 Å². The second kappa shape index (κ2) is 7.22. The molecule has 2 N–H and O–H groups in total. The maximum Gasteiger partial charge on any atom is 0.124 e. The van der Waals surface area contributed by atoms with Crippen LogP contribution in [0, 0.1) is 5.82 Å². The van der Waals surface area contributed by atoms with Crippen molar-refractivity contribution >= 4 is 11.6 Å². The lowest BCUT2D eigenvalue weighted by Gasteiger charge is -2.33. The first kappa shape index (κ1) is 15.5. The van der Waals surface area contributed by atoms with Crippen LogP contribution in [0.15, 0.2) is 30.6 Å². The number of aromatic nitrogens is 2. The van der Waals surface area contributed by atoms with Crippen molar-refractivity contribution in [1.29, 1.82) is 0 Å². The van der Waals surface area contributed by atoms with Crippen molar-refractivity contribution < 1.29 is 4.39 Å². The lowest BCUT2D eigenvalue weighted by atomic mass is 10.0. The fourth-order valence-electron chi connectivity index (χ4n) is 2.89. The zero-order valence-electron chi connectivity index (χ0n) is 12.4. The molecule has 0 spiro atoms. The predicted molar refractivity (Wildman–Crippen MR) is 85.1 cm³/mol. The summed E-state index contributed by atoms with van der Waals surface area (Å²) in [5.41, 5.74) is 0.981. The summed E-state index contributed by atoms with van der Waals surface area (Å²) in [7, 11) is 0. The molecule has 1 saturated heterocycles. The van der Waals surface area contributed by atoms with Gasteiger partial charge in [-0.25, -0.2) is 9.37 Å². The molecule has 3 rings (SSSR count). The average Bonchev–Trinajstić information content (AvgIpc) is 3.02. The van der Waals surface area contributed by atoms with Gasteiger partial charge in [0.25, 0.3) is 0 Å². The zero-order chi connectivity index (χ0) is 15.4. The molecule has 0 radical (unpaired) electrons. The van der Waals surface area contributed by atoms with Gasteiger partial charge in [0.15, 0.2) is 0 Å². The fourth-order valence-corrected chi connectivity index (χ4v) is 3.12. The molecular formula is C16H20ClFN4. The third kappa shape index (κ3) is 4.06. The maximum atomic E-state index is 13.1. The molecule has 118 valence electrons. The number of benzene rings is 1. The van der Waals surface area contributed by atoms with Crippen LogP contribution in [0.2, 0.25) is 5.02 Å². The van der Waals surface area contributed by atoms with E-state index in [-0.39, 0.29) is 5.82 Å². The SMILES string of the molecule is Fc1ccc(CN2CCCC(NCc3ncc[nH]3)C2)c(Cl)c1. The van der Waals surface area contributed by atoms with E-state index < -0.39 is 0 Å². The van der Waals surface area contributed by atoms with Gasteiger partial charge >= 0.3 is 0 Å². The minimum Gasteiger partial charge on any atom is -0.348 e. The van der Waals surface area contributed by atoms with E-state index in [1.54, 1.807) is 12.3 Å². The van der Waals surface area contributed by atoms with Crippen LogP contribution < -0.4 is 5.32 Å². The molecule has 0 amide bonds.